The van der Waals surface area contributed by atoms with Crippen molar-refractivity contribution in [2.24, 2.45) is 0 Å². The summed E-state index contributed by atoms with van der Waals surface area (Å²) in [5.41, 5.74) is 6.88. The van der Waals surface area contributed by atoms with Gasteiger partial charge in [-0.2, -0.15) is 5.10 Å². The Morgan fingerprint density at radius 3 is 2.28 bits per heavy atom. The monoisotopic (exact) mass is 342 g/mol. The topological polar surface area (TPSA) is 61.2 Å². The summed E-state index contributed by atoms with van der Waals surface area (Å²) in [6.07, 6.45) is 0.195. The fourth-order valence-electron chi connectivity index (χ4n) is 2.90. The van der Waals surface area contributed by atoms with Gasteiger partial charge in [0.05, 0.1) is 18.7 Å². The van der Waals surface area contributed by atoms with Crippen molar-refractivity contribution in [1.82, 2.24) is 9.78 Å². The van der Waals surface area contributed by atoms with E-state index in [4.69, 9.17) is 4.74 Å². The normalized spacial score (nSPS) is 10.8. The molecule has 5 nitrogen and oxygen atoms in total. The van der Waals surface area contributed by atoms with Gasteiger partial charge in [-0.1, -0.05) is 0 Å². The molecule has 25 heavy (non-hydrogen) atoms. The number of ether oxygens (including phenoxy) is 1. The number of ketones is 1. The SMILES string of the molecule is Cc1cc(C)n(CCC(=O)OCC(=O)c2cc(C)c(C)c(C)c2C)n1. The molecular formula is C20H26N2O3. The zero-order valence-electron chi connectivity index (χ0n) is 15.9. The van der Waals surface area contributed by atoms with E-state index in [1.807, 2.05) is 53.7 Å². The van der Waals surface area contributed by atoms with Gasteiger partial charge in [-0.3, -0.25) is 14.3 Å². The van der Waals surface area contributed by atoms with E-state index in [2.05, 4.69) is 5.10 Å². The molecule has 0 aliphatic carbocycles. The summed E-state index contributed by atoms with van der Waals surface area (Å²) in [5, 5.41) is 4.31. The second-order valence-corrected chi connectivity index (χ2v) is 6.60. The first-order chi connectivity index (χ1) is 11.7. The zero-order chi connectivity index (χ0) is 18.7. The number of aryl methyl sites for hydroxylation is 4. The number of aromatic nitrogens is 2. The minimum atomic E-state index is -0.390. The lowest BCUT2D eigenvalue weighted by molar-refractivity contribution is -0.142. The van der Waals surface area contributed by atoms with Crippen molar-refractivity contribution in [3.05, 3.63) is 51.3 Å². The van der Waals surface area contributed by atoms with Crippen LogP contribution >= 0.6 is 0 Å². The Labute approximate surface area is 149 Å². The molecule has 0 saturated carbocycles. The third kappa shape index (κ3) is 4.35. The van der Waals surface area contributed by atoms with Gasteiger partial charge in [-0.15, -0.1) is 0 Å². The van der Waals surface area contributed by atoms with Crippen LogP contribution in [0.5, 0.6) is 0 Å². The van der Waals surface area contributed by atoms with Crippen LogP contribution in [0.4, 0.5) is 0 Å². The highest BCUT2D eigenvalue weighted by Crippen LogP contribution is 2.21. The first-order valence-electron chi connectivity index (χ1n) is 8.48. The number of Topliss-reactive ketones (excluding diaryl/α,β-unsaturated/α-hetero) is 1. The van der Waals surface area contributed by atoms with Crippen LogP contribution in [0.15, 0.2) is 12.1 Å². The third-order valence-electron chi connectivity index (χ3n) is 4.78. The number of carbonyl (C=O) groups is 2. The lowest BCUT2D eigenvalue weighted by atomic mass is 9.93. The van der Waals surface area contributed by atoms with Gasteiger partial charge in [0.2, 0.25) is 5.78 Å². The molecule has 2 rings (SSSR count). The second-order valence-electron chi connectivity index (χ2n) is 6.60. The molecular weight excluding hydrogens is 316 g/mol. The molecule has 0 N–H and O–H groups in total. The third-order valence-corrected chi connectivity index (χ3v) is 4.78. The molecule has 0 unspecified atom stereocenters. The Morgan fingerprint density at radius 1 is 1.00 bits per heavy atom. The summed E-state index contributed by atoms with van der Waals surface area (Å²) in [5.74, 6) is -0.553. The summed E-state index contributed by atoms with van der Waals surface area (Å²) < 4.78 is 6.94. The van der Waals surface area contributed by atoms with Crippen molar-refractivity contribution in [2.45, 2.75) is 54.5 Å². The molecule has 2 aromatic rings. The predicted molar refractivity (Wildman–Crippen MR) is 97.0 cm³/mol. The Hall–Kier alpha value is -2.43. The Balaban J connectivity index is 1.94. The molecule has 0 amide bonds. The van der Waals surface area contributed by atoms with Crippen LogP contribution < -0.4 is 0 Å². The molecule has 0 aliphatic heterocycles. The van der Waals surface area contributed by atoms with Crippen LogP contribution in [0.3, 0.4) is 0 Å². The maximum atomic E-state index is 12.4. The molecule has 0 bridgehead atoms. The van der Waals surface area contributed by atoms with Crippen molar-refractivity contribution in [3.8, 4) is 0 Å². The summed E-state index contributed by atoms with van der Waals surface area (Å²) >= 11 is 0. The van der Waals surface area contributed by atoms with Crippen molar-refractivity contribution in [3.63, 3.8) is 0 Å². The zero-order valence-corrected chi connectivity index (χ0v) is 15.9. The number of esters is 1. The number of benzene rings is 1. The van der Waals surface area contributed by atoms with Crippen LogP contribution in [-0.2, 0) is 16.1 Å². The molecule has 0 saturated heterocycles. The smallest absolute Gasteiger partial charge is 0.308 e. The van der Waals surface area contributed by atoms with Crippen molar-refractivity contribution >= 4 is 11.8 Å². The quantitative estimate of drug-likeness (QED) is 0.595. The molecule has 0 spiro atoms. The van der Waals surface area contributed by atoms with E-state index < -0.39 is 0 Å². The molecule has 5 heteroatoms. The molecule has 1 aromatic carbocycles. The van der Waals surface area contributed by atoms with Crippen LogP contribution in [0.25, 0.3) is 0 Å². The van der Waals surface area contributed by atoms with Gasteiger partial charge in [0.1, 0.15) is 0 Å². The Bertz CT molecular complexity index is 819. The lowest BCUT2D eigenvalue weighted by Crippen LogP contribution is -2.17. The minimum Gasteiger partial charge on any atom is -0.457 e. The van der Waals surface area contributed by atoms with E-state index in [1.165, 1.54) is 5.56 Å². The van der Waals surface area contributed by atoms with Crippen LogP contribution in [-0.4, -0.2) is 28.1 Å². The Kier molecular flexibility index (Phi) is 5.77. The van der Waals surface area contributed by atoms with E-state index in [1.54, 1.807) is 4.68 Å². The number of rotatable bonds is 6. The van der Waals surface area contributed by atoms with E-state index in [-0.39, 0.29) is 24.8 Å². The van der Waals surface area contributed by atoms with Gasteiger partial charge in [-0.05, 0) is 75.9 Å². The summed E-state index contributed by atoms with van der Waals surface area (Å²) in [6, 6.07) is 3.84. The van der Waals surface area contributed by atoms with E-state index in [0.717, 1.165) is 28.1 Å². The standard InChI is InChI=1S/C20H26N2O3/c1-12-9-18(17(6)16(5)15(12)4)19(23)11-25-20(24)7-8-22-14(3)10-13(2)21-22/h9-10H,7-8,11H2,1-6H3. The van der Waals surface area contributed by atoms with E-state index in [0.29, 0.717) is 12.1 Å². The number of hydrogen-bond acceptors (Lipinski definition) is 4. The van der Waals surface area contributed by atoms with Gasteiger partial charge in [0, 0.05) is 11.3 Å². The summed E-state index contributed by atoms with van der Waals surface area (Å²) in [4.78, 5) is 24.4. The molecule has 0 aliphatic rings. The molecule has 0 atom stereocenters. The van der Waals surface area contributed by atoms with Crippen LogP contribution in [0.1, 0.15) is 50.4 Å². The molecule has 0 radical (unpaired) electrons. The minimum absolute atomic E-state index is 0.164. The molecule has 134 valence electrons. The average Bonchev–Trinajstić information content (AvgIpc) is 2.89. The summed E-state index contributed by atoms with van der Waals surface area (Å²) in [6.45, 7) is 12.1. The van der Waals surface area contributed by atoms with Gasteiger partial charge in [0.25, 0.3) is 0 Å². The lowest BCUT2D eigenvalue weighted by Gasteiger charge is -2.13. The second kappa shape index (κ2) is 7.64. The number of carbonyl (C=O) groups excluding carboxylic acids is 2. The first-order valence-corrected chi connectivity index (χ1v) is 8.48. The average molecular weight is 342 g/mol. The Morgan fingerprint density at radius 2 is 1.68 bits per heavy atom. The van der Waals surface area contributed by atoms with Gasteiger partial charge in [-0.25, -0.2) is 0 Å². The van der Waals surface area contributed by atoms with Crippen molar-refractivity contribution < 1.29 is 14.3 Å². The fraction of sp³-hybridized carbons (Fsp3) is 0.450. The fourth-order valence-corrected chi connectivity index (χ4v) is 2.90. The van der Waals surface area contributed by atoms with Crippen molar-refractivity contribution in [2.75, 3.05) is 6.61 Å². The number of hydrogen-bond donors (Lipinski definition) is 0. The highest BCUT2D eigenvalue weighted by atomic mass is 16.5. The largest absolute Gasteiger partial charge is 0.457 e. The highest BCUT2D eigenvalue weighted by molar-refractivity contribution is 5.99. The molecule has 0 fully saturated rings. The summed E-state index contributed by atoms with van der Waals surface area (Å²) in [7, 11) is 0. The molecule has 1 aromatic heterocycles. The first kappa shape index (κ1) is 18.9. The van der Waals surface area contributed by atoms with Gasteiger partial charge in [0.15, 0.2) is 6.61 Å². The highest BCUT2D eigenvalue weighted by Gasteiger charge is 2.16. The van der Waals surface area contributed by atoms with Crippen LogP contribution in [0, 0.1) is 41.5 Å². The predicted octanol–water partition coefficient (Wildman–Crippen LogP) is 3.55. The van der Waals surface area contributed by atoms with E-state index in [9.17, 15) is 9.59 Å². The van der Waals surface area contributed by atoms with Crippen LogP contribution in [0.2, 0.25) is 0 Å². The maximum absolute atomic E-state index is 12.4. The van der Waals surface area contributed by atoms with E-state index >= 15 is 0 Å². The van der Waals surface area contributed by atoms with Gasteiger partial charge >= 0.3 is 5.97 Å². The van der Waals surface area contributed by atoms with Crippen molar-refractivity contribution in [1.29, 1.82) is 0 Å². The number of nitrogens with zero attached hydrogens (tertiary/aromatic N) is 2. The maximum Gasteiger partial charge on any atom is 0.308 e. The molecule has 1 heterocycles. The van der Waals surface area contributed by atoms with Gasteiger partial charge < -0.3 is 4.74 Å².